The molecule has 2 saturated carbocycles. The van der Waals surface area contributed by atoms with Crippen molar-refractivity contribution in [3.63, 3.8) is 0 Å². The SMILES string of the molecule is CC(C)(C)C1=CC2=CC(c3ccc4c(c3)N(c3ccc(-c5ccccc5)cc3)c3cc(N5C6CC7CC(C6)CC5C7)cc5c3B4c3ccc(-c4ccccc4)cc3N5c3ccc(-c4ccccc4)cc3)=C3C=C(C(C)(C)C)CC4C=CC(=C1)C2C34. The highest BCUT2D eigenvalue weighted by Gasteiger charge is 2.50. The molecule has 0 aromatic heterocycles. The van der Waals surface area contributed by atoms with Crippen LogP contribution < -0.4 is 31.1 Å². The van der Waals surface area contributed by atoms with Crippen molar-refractivity contribution in [1.82, 2.24) is 0 Å². The maximum Gasteiger partial charge on any atom is 0.252 e. The van der Waals surface area contributed by atoms with Crippen molar-refractivity contribution in [3.8, 4) is 33.4 Å². The van der Waals surface area contributed by atoms with E-state index in [4.69, 9.17) is 0 Å². The summed E-state index contributed by atoms with van der Waals surface area (Å²) in [5, 5.41) is 0. The molecule has 0 spiro atoms. The Kier molecular flexibility index (Phi) is 11.5. The van der Waals surface area contributed by atoms with Gasteiger partial charge in [-0.1, -0.05) is 223 Å². The number of allylic oxidation sites excluding steroid dienone is 12. The smallest absolute Gasteiger partial charge is 0.252 e. The Morgan fingerprint density at radius 1 is 0.424 bits per heavy atom. The first kappa shape index (κ1) is 51.1. The number of fused-ring (bicyclic) bond motifs is 4. The lowest BCUT2D eigenvalue weighted by molar-refractivity contribution is 0.0900. The standard InChI is InChI=1S/C81H74BN3/c1-80(2,3)62-41-59-22-23-60-42-63(81(4,5)6)47-70-69(44-61(43-62)77(59)78(60)70)58-29-35-72-74(46-58)85(65-32-26-56(27-33-65)53-18-12-8-13-19-53)76-49-68(83-66-37-50-36-51(39-66)40-67(83)38-50)48-75-79(76)82(72)71-34-28-57(54-20-14-9-15-21-54)45-73(71)84(75)64-30-24-55(25-31-64)52-16-10-7-11-17-52/h7-35,41,43-51,60,66-67,77-78H,36-40,42H2,1-6H3. The molecule has 85 heavy (non-hydrogen) atoms. The number of rotatable bonds is 7. The van der Waals surface area contributed by atoms with Crippen molar-refractivity contribution in [2.75, 3.05) is 14.7 Å². The maximum atomic E-state index is 2.94. The van der Waals surface area contributed by atoms with Crippen LogP contribution in [0.4, 0.5) is 39.8 Å². The number of hydrogen-bond acceptors (Lipinski definition) is 3. The van der Waals surface area contributed by atoms with Crippen LogP contribution in [0.5, 0.6) is 0 Å². The van der Waals surface area contributed by atoms with Crippen LogP contribution in [0, 0.1) is 40.4 Å². The molecule has 4 aliphatic heterocycles. The van der Waals surface area contributed by atoms with E-state index in [9.17, 15) is 0 Å². The predicted octanol–water partition coefficient (Wildman–Crippen LogP) is 18.9. The van der Waals surface area contributed by atoms with Gasteiger partial charge in [-0.3, -0.25) is 0 Å². The Morgan fingerprint density at radius 3 is 1.45 bits per heavy atom. The van der Waals surface area contributed by atoms with Crippen molar-refractivity contribution >= 4 is 68.5 Å². The Balaban J connectivity index is 0.935. The molecule has 18 rings (SSSR count). The molecule has 3 atom stereocenters. The number of nitrogens with zero attached hydrogens (tertiary/aromatic N) is 3. The molecule has 2 saturated heterocycles. The largest absolute Gasteiger partial charge is 0.365 e. The molecule has 416 valence electrons. The molecule has 0 radical (unpaired) electrons. The second-order valence-corrected chi connectivity index (χ2v) is 28.5. The summed E-state index contributed by atoms with van der Waals surface area (Å²) in [7, 11) is 0. The summed E-state index contributed by atoms with van der Waals surface area (Å²) in [6.07, 6.45) is 23.2. The normalized spacial score (nSPS) is 23.8. The van der Waals surface area contributed by atoms with Crippen molar-refractivity contribution in [2.45, 2.75) is 92.2 Å². The van der Waals surface area contributed by atoms with Crippen LogP contribution in [-0.2, 0) is 0 Å². The van der Waals surface area contributed by atoms with Gasteiger partial charge in [-0.25, -0.2) is 0 Å². The fraction of sp³-hybridized carbons (Fsp3) is 0.259. The second kappa shape index (κ2) is 19.1. The topological polar surface area (TPSA) is 9.72 Å². The third-order valence-corrected chi connectivity index (χ3v) is 21.4. The molecule has 0 amide bonds. The Morgan fingerprint density at radius 2 is 0.918 bits per heavy atom. The fourth-order valence-corrected chi connectivity index (χ4v) is 17.5. The van der Waals surface area contributed by atoms with E-state index in [0.29, 0.717) is 29.8 Å². The zero-order chi connectivity index (χ0) is 57.0. The van der Waals surface area contributed by atoms with Gasteiger partial charge in [0.1, 0.15) is 0 Å². The zero-order valence-electron chi connectivity index (χ0n) is 50.1. The van der Waals surface area contributed by atoms with Gasteiger partial charge in [-0.2, -0.15) is 0 Å². The van der Waals surface area contributed by atoms with Gasteiger partial charge in [-0.15, -0.1) is 0 Å². The summed E-state index contributed by atoms with van der Waals surface area (Å²) < 4.78 is 0. The molecule has 8 aromatic carbocycles. The molecule has 6 aliphatic carbocycles. The summed E-state index contributed by atoms with van der Waals surface area (Å²) in [5.74, 6) is 2.87. The molecule has 4 heterocycles. The predicted molar refractivity (Wildman–Crippen MR) is 359 cm³/mol. The lowest BCUT2D eigenvalue weighted by atomic mass is 9.33. The monoisotopic (exact) mass is 1100 g/mol. The van der Waals surface area contributed by atoms with E-state index in [-0.39, 0.29) is 17.5 Å². The first-order chi connectivity index (χ1) is 41.3. The van der Waals surface area contributed by atoms with E-state index >= 15 is 0 Å². The minimum absolute atomic E-state index is 0.0268. The fourth-order valence-electron chi connectivity index (χ4n) is 17.5. The average molecular weight is 1100 g/mol. The minimum atomic E-state index is -0.0268. The number of piperidine rings is 2. The molecule has 8 aromatic rings. The Hall–Kier alpha value is -8.34. The molecular weight excluding hydrogens is 1030 g/mol. The number of hydrogen-bond donors (Lipinski definition) is 0. The third-order valence-electron chi connectivity index (χ3n) is 21.4. The van der Waals surface area contributed by atoms with E-state index in [2.05, 4.69) is 281 Å². The van der Waals surface area contributed by atoms with E-state index in [0.717, 1.165) is 18.3 Å². The van der Waals surface area contributed by atoms with Gasteiger partial charge < -0.3 is 14.7 Å². The average Bonchev–Trinajstić information content (AvgIpc) is 1.84. The maximum absolute atomic E-state index is 2.94. The first-order valence-corrected chi connectivity index (χ1v) is 31.8. The first-order valence-electron chi connectivity index (χ1n) is 31.8. The van der Waals surface area contributed by atoms with Crippen LogP contribution in [0.25, 0.3) is 39.0 Å². The highest BCUT2D eigenvalue weighted by atomic mass is 15.2. The van der Waals surface area contributed by atoms with Gasteiger partial charge in [0, 0.05) is 63.7 Å². The number of anilines is 7. The van der Waals surface area contributed by atoms with Crippen LogP contribution in [-0.4, -0.2) is 18.8 Å². The van der Waals surface area contributed by atoms with Crippen LogP contribution in [0.2, 0.25) is 0 Å². The van der Waals surface area contributed by atoms with Crippen molar-refractivity contribution in [1.29, 1.82) is 0 Å². The summed E-state index contributed by atoms with van der Waals surface area (Å²) in [4.78, 5) is 8.30. The Bertz CT molecular complexity index is 4210. The highest BCUT2D eigenvalue weighted by molar-refractivity contribution is 7.00. The molecular formula is C81H74BN3. The lowest BCUT2D eigenvalue weighted by Gasteiger charge is -2.58. The van der Waals surface area contributed by atoms with Gasteiger partial charge in [0.25, 0.3) is 6.71 Å². The minimum Gasteiger partial charge on any atom is -0.365 e. The van der Waals surface area contributed by atoms with Gasteiger partial charge in [-0.05, 0) is 199 Å². The molecule has 4 fully saturated rings. The van der Waals surface area contributed by atoms with E-state index in [1.165, 1.54) is 155 Å². The lowest BCUT2D eigenvalue weighted by Crippen LogP contribution is -2.62. The van der Waals surface area contributed by atoms with Gasteiger partial charge in [0.15, 0.2) is 0 Å². The molecule has 4 heteroatoms. The second-order valence-electron chi connectivity index (χ2n) is 28.5. The third kappa shape index (κ3) is 8.28. The van der Waals surface area contributed by atoms with Crippen molar-refractivity contribution in [2.24, 2.45) is 40.4 Å². The number of benzene rings is 8. The van der Waals surface area contributed by atoms with E-state index in [1.807, 2.05) is 0 Å². The molecule has 3 unspecified atom stereocenters. The summed E-state index contributed by atoms with van der Waals surface area (Å²) in [6, 6.07) is 73.3. The van der Waals surface area contributed by atoms with E-state index in [1.54, 1.807) is 5.57 Å². The van der Waals surface area contributed by atoms with Crippen LogP contribution >= 0.6 is 0 Å². The van der Waals surface area contributed by atoms with Crippen LogP contribution in [0.15, 0.2) is 252 Å². The molecule has 10 aliphatic rings. The molecule has 4 bridgehead atoms. The summed E-state index contributed by atoms with van der Waals surface area (Å²) in [6.45, 7) is 14.4. The highest BCUT2D eigenvalue weighted by Crippen LogP contribution is 2.58. The van der Waals surface area contributed by atoms with Gasteiger partial charge >= 0.3 is 0 Å². The summed E-state index contributed by atoms with van der Waals surface area (Å²) >= 11 is 0. The van der Waals surface area contributed by atoms with Crippen LogP contribution in [0.1, 0.15) is 85.6 Å². The van der Waals surface area contributed by atoms with Crippen molar-refractivity contribution < 1.29 is 0 Å². The molecule has 3 nitrogen and oxygen atoms in total. The summed E-state index contributed by atoms with van der Waals surface area (Å²) in [5.41, 5.74) is 30.4. The quantitative estimate of drug-likeness (QED) is 0.147. The van der Waals surface area contributed by atoms with Gasteiger partial charge in [0.05, 0.1) is 0 Å². The zero-order valence-corrected chi connectivity index (χ0v) is 50.1. The van der Waals surface area contributed by atoms with Crippen LogP contribution in [0.3, 0.4) is 0 Å². The Labute approximate surface area is 504 Å². The van der Waals surface area contributed by atoms with Gasteiger partial charge in [0.2, 0.25) is 0 Å². The van der Waals surface area contributed by atoms with E-state index < -0.39 is 0 Å². The van der Waals surface area contributed by atoms with Crippen molar-refractivity contribution in [3.05, 3.63) is 258 Å². The molecule has 0 N–H and O–H groups in total.